The van der Waals surface area contributed by atoms with E-state index in [1.807, 2.05) is 52.1 Å². The lowest BCUT2D eigenvalue weighted by Crippen LogP contribution is -2.54. The number of carbonyl (C=O) groups is 3. The van der Waals surface area contributed by atoms with E-state index in [0.29, 0.717) is 12.2 Å². The second-order valence-corrected chi connectivity index (χ2v) is 11.9. The van der Waals surface area contributed by atoms with E-state index in [2.05, 4.69) is 17.6 Å². The summed E-state index contributed by atoms with van der Waals surface area (Å²) in [5.74, 6) is 0.513. The minimum Gasteiger partial charge on any atom is -0.444 e. The molecule has 0 bridgehead atoms. The van der Waals surface area contributed by atoms with Gasteiger partial charge in [-0.2, -0.15) is 11.8 Å². The Bertz CT molecular complexity index is 912. The summed E-state index contributed by atoms with van der Waals surface area (Å²) in [6.07, 6.45) is 2.60. The third-order valence-corrected chi connectivity index (χ3v) is 6.61. The van der Waals surface area contributed by atoms with Crippen molar-refractivity contribution in [3.05, 3.63) is 34.9 Å². The van der Waals surface area contributed by atoms with E-state index in [9.17, 15) is 14.4 Å². The van der Waals surface area contributed by atoms with Gasteiger partial charge in [-0.1, -0.05) is 30.7 Å². The van der Waals surface area contributed by atoms with E-state index >= 15 is 0 Å². The van der Waals surface area contributed by atoms with Crippen LogP contribution in [0.2, 0.25) is 0 Å². The van der Waals surface area contributed by atoms with Crippen LogP contribution < -0.4 is 10.6 Å². The highest BCUT2D eigenvalue weighted by molar-refractivity contribution is 7.98. The average molecular weight is 506 g/mol. The van der Waals surface area contributed by atoms with Gasteiger partial charge in [0.2, 0.25) is 11.8 Å². The number of aryl methyl sites for hydroxylation is 2. The molecule has 4 unspecified atom stereocenters. The van der Waals surface area contributed by atoms with E-state index < -0.39 is 23.8 Å². The maximum Gasteiger partial charge on any atom is 0.408 e. The van der Waals surface area contributed by atoms with Crippen molar-refractivity contribution >= 4 is 29.7 Å². The molecule has 0 radical (unpaired) electrons. The second kappa shape index (κ2) is 12.2. The molecule has 3 amide bonds. The molecule has 2 N–H and O–H groups in total. The van der Waals surface area contributed by atoms with Crippen molar-refractivity contribution in [3.63, 3.8) is 0 Å². The van der Waals surface area contributed by atoms with Crippen molar-refractivity contribution in [2.45, 2.75) is 98.0 Å². The van der Waals surface area contributed by atoms with Crippen molar-refractivity contribution in [1.82, 2.24) is 15.5 Å². The predicted molar refractivity (Wildman–Crippen MR) is 143 cm³/mol. The molecule has 1 aromatic carbocycles. The molecule has 1 aromatic rings. The monoisotopic (exact) mass is 505 g/mol. The van der Waals surface area contributed by atoms with Gasteiger partial charge in [0.1, 0.15) is 17.7 Å². The number of hydrogen-bond donors (Lipinski definition) is 2. The highest BCUT2D eigenvalue weighted by Gasteiger charge is 2.48. The van der Waals surface area contributed by atoms with Crippen molar-refractivity contribution in [1.29, 1.82) is 0 Å². The van der Waals surface area contributed by atoms with Crippen LogP contribution in [0.5, 0.6) is 0 Å². The Hall–Kier alpha value is -2.22. The number of ether oxygens (including phenoxy) is 1. The van der Waals surface area contributed by atoms with Gasteiger partial charge >= 0.3 is 6.09 Å². The van der Waals surface area contributed by atoms with Gasteiger partial charge in [-0.3, -0.25) is 9.59 Å². The zero-order valence-electron chi connectivity index (χ0n) is 22.7. The number of benzene rings is 1. The Balaban J connectivity index is 2.52. The Morgan fingerprint density at radius 3 is 2.31 bits per heavy atom. The molecule has 0 saturated heterocycles. The molecule has 1 saturated carbocycles. The van der Waals surface area contributed by atoms with Crippen LogP contribution in [0.25, 0.3) is 0 Å². The second-order valence-electron chi connectivity index (χ2n) is 10.9. The first kappa shape index (κ1) is 29.0. The molecule has 0 spiro atoms. The molecule has 0 aromatic heterocycles. The third-order valence-electron chi connectivity index (χ3n) is 5.97. The van der Waals surface area contributed by atoms with Gasteiger partial charge in [-0.25, -0.2) is 4.79 Å². The fourth-order valence-electron chi connectivity index (χ4n) is 4.13. The molecule has 0 aliphatic heterocycles. The fraction of sp³-hybridized carbons (Fsp3) is 0.667. The number of alkyl carbamates (subject to hydrolysis) is 1. The molecule has 4 atom stereocenters. The molecule has 7 nitrogen and oxygen atoms in total. The van der Waals surface area contributed by atoms with Crippen LogP contribution in [0.3, 0.4) is 0 Å². The Morgan fingerprint density at radius 2 is 1.80 bits per heavy atom. The Kier molecular flexibility index (Phi) is 10.1. The molecule has 35 heavy (non-hydrogen) atoms. The van der Waals surface area contributed by atoms with Gasteiger partial charge in [-0.15, -0.1) is 0 Å². The molecular formula is C27H43N3O4S. The first-order valence-corrected chi connectivity index (χ1v) is 13.8. The SMILES string of the molecule is CSCCC(NC(=O)OC(C)(C)C)C(=O)N(C(C(=O)NC(C)C)c1cc(C)ccc1C)C1CC1C. The quantitative estimate of drug-likeness (QED) is 0.479. The van der Waals surface area contributed by atoms with Gasteiger partial charge in [0, 0.05) is 12.1 Å². The van der Waals surface area contributed by atoms with Crippen LogP contribution in [0.1, 0.15) is 77.1 Å². The van der Waals surface area contributed by atoms with Crippen LogP contribution in [-0.2, 0) is 14.3 Å². The summed E-state index contributed by atoms with van der Waals surface area (Å²) in [5, 5.41) is 5.83. The number of nitrogens with zero attached hydrogens (tertiary/aromatic N) is 1. The third kappa shape index (κ3) is 8.44. The molecule has 196 valence electrons. The van der Waals surface area contributed by atoms with Crippen LogP contribution in [0.15, 0.2) is 18.2 Å². The van der Waals surface area contributed by atoms with E-state index in [1.165, 1.54) is 0 Å². The maximum atomic E-state index is 14.1. The van der Waals surface area contributed by atoms with Gasteiger partial charge in [0.15, 0.2) is 0 Å². The molecule has 0 heterocycles. The zero-order chi connectivity index (χ0) is 26.5. The van der Waals surface area contributed by atoms with Gasteiger partial charge in [0.05, 0.1) is 0 Å². The van der Waals surface area contributed by atoms with Gasteiger partial charge < -0.3 is 20.3 Å². The number of thioether (sulfide) groups is 1. The molecule has 1 fully saturated rings. The first-order chi connectivity index (χ1) is 16.2. The smallest absolute Gasteiger partial charge is 0.408 e. The molecule has 1 aliphatic rings. The summed E-state index contributed by atoms with van der Waals surface area (Å²) in [6, 6.07) is 4.28. The first-order valence-electron chi connectivity index (χ1n) is 12.4. The number of carbonyl (C=O) groups excluding carboxylic acids is 3. The predicted octanol–water partition coefficient (Wildman–Crippen LogP) is 4.75. The van der Waals surface area contributed by atoms with Crippen molar-refractivity contribution in [2.24, 2.45) is 5.92 Å². The summed E-state index contributed by atoms with van der Waals surface area (Å²) in [6.45, 7) is 15.2. The van der Waals surface area contributed by atoms with E-state index in [0.717, 1.165) is 23.1 Å². The van der Waals surface area contributed by atoms with Crippen LogP contribution in [0, 0.1) is 19.8 Å². The summed E-state index contributed by atoms with van der Waals surface area (Å²) in [5.41, 5.74) is 2.11. The fourth-order valence-corrected chi connectivity index (χ4v) is 4.60. The largest absolute Gasteiger partial charge is 0.444 e. The summed E-state index contributed by atoms with van der Waals surface area (Å²) in [7, 11) is 0. The summed E-state index contributed by atoms with van der Waals surface area (Å²) in [4.78, 5) is 42.1. The van der Waals surface area contributed by atoms with Crippen LogP contribution in [-0.4, -0.2) is 58.5 Å². The minimum atomic E-state index is -0.787. The molecule has 2 rings (SSSR count). The maximum absolute atomic E-state index is 14.1. The lowest BCUT2D eigenvalue weighted by atomic mass is 9.95. The Labute approximate surface area is 215 Å². The number of amides is 3. The van der Waals surface area contributed by atoms with Gasteiger partial charge in [0.25, 0.3) is 0 Å². The van der Waals surface area contributed by atoms with E-state index in [1.54, 1.807) is 37.4 Å². The summed E-state index contributed by atoms with van der Waals surface area (Å²) < 4.78 is 5.45. The highest BCUT2D eigenvalue weighted by Crippen LogP contribution is 2.41. The molecule has 8 heteroatoms. The topological polar surface area (TPSA) is 87.7 Å². The van der Waals surface area contributed by atoms with Crippen molar-refractivity contribution in [2.75, 3.05) is 12.0 Å². The van der Waals surface area contributed by atoms with Crippen LogP contribution in [0.4, 0.5) is 4.79 Å². The molecule has 1 aliphatic carbocycles. The van der Waals surface area contributed by atoms with E-state index in [-0.39, 0.29) is 29.8 Å². The lowest BCUT2D eigenvalue weighted by molar-refractivity contribution is -0.143. The molecular weight excluding hydrogens is 462 g/mol. The lowest BCUT2D eigenvalue weighted by Gasteiger charge is -2.36. The van der Waals surface area contributed by atoms with Crippen LogP contribution >= 0.6 is 11.8 Å². The van der Waals surface area contributed by atoms with Crippen molar-refractivity contribution < 1.29 is 19.1 Å². The zero-order valence-corrected chi connectivity index (χ0v) is 23.5. The minimum absolute atomic E-state index is 0.0671. The number of rotatable bonds is 10. The Morgan fingerprint density at radius 1 is 1.17 bits per heavy atom. The highest BCUT2D eigenvalue weighted by atomic mass is 32.2. The number of hydrogen-bond acceptors (Lipinski definition) is 5. The normalized spacial score (nSPS) is 19.0. The number of nitrogens with one attached hydrogen (secondary N) is 2. The van der Waals surface area contributed by atoms with Crippen molar-refractivity contribution in [3.8, 4) is 0 Å². The standard InChI is InChI=1S/C27H43N3O4S/c1-16(2)28-24(31)23(20-14-17(3)10-11-18(20)4)30(22-15-19(22)5)25(32)21(12-13-35-9)29-26(33)34-27(6,7)8/h10-11,14,16,19,21-23H,12-13,15H2,1-9H3,(H,28,31)(H,29,33). The average Bonchev–Trinajstić information content (AvgIpc) is 3.44. The van der Waals surface area contributed by atoms with Gasteiger partial charge in [-0.05, 0) is 90.4 Å². The summed E-state index contributed by atoms with van der Waals surface area (Å²) >= 11 is 1.61. The van der Waals surface area contributed by atoms with E-state index in [4.69, 9.17) is 4.74 Å².